The monoisotopic (exact) mass is 143 g/mol. The van der Waals surface area contributed by atoms with E-state index in [2.05, 4.69) is 6.92 Å². The molecule has 58 valence electrons. The summed E-state index contributed by atoms with van der Waals surface area (Å²) in [4.78, 5) is 0. The zero-order valence-corrected chi connectivity index (χ0v) is 6.12. The Morgan fingerprint density at radius 1 is 1.20 bits per heavy atom. The summed E-state index contributed by atoms with van der Waals surface area (Å²) >= 11 is 0. The van der Waals surface area contributed by atoms with Gasteiger partial charge in [-0.25, -0.2) is 0 Å². The van der Waals surface area contributed by atoms with Crippen molar-refractivity contribution >= 4 is 0 Å². The Hall–Kier alpha value is -0.120. The van der Waals surface area contributed by atoms with Crippen LogP contribution in [0.2, 0.25) is 0 Å². The standard InChI is InChI=1S/C7H13NO2/c1-4-2-9-7-5(8)3-10-6(4)7/h4-7H,2-3,8H2,1H3. The molecule has 0 aromatic carbocycles. The van der Waals surface area contributed by atoms with E-state index < -0.39 is 0 Å². The highest BCUT2D eigenvalue weighted by Crippen LogP contribution is 2.29. The van der Waals surface area contributed by atoms with Gasteiger partial charge in [0.05, 0.1) is 25.4 Å². The molecule has 0 spiro atoms. The van der Waals surface area contributed by atoms with E-state index in [1.54, 1.807) is 0 Å². The second kappa shape index (κ2) is 2.19. The molecule has 2 N–H and O–H groups in total. The van der Waals surface area contributed by atoms with E-state index in [4.69, 9.17) is 15.2 Å². The number of rotatable bonds is 0. The van der Waals surface area contributed by atoms with Crippen molar-refractivity contribution in [3.05, 3.63) is 0 Å². The molecule has 0 aromatic heterocycles. The molecule has 0 radical (unpaired) electrons. The number of hydrogen-bond acceptors (Lipinski definition) is 3. The molecule has 2 heterocycles. The van der Waals surface area contributed by atoms with E-state index in [9.17, 15) is 0 Å². The van der Waals surface area contributed by atoms with Crippen molar-refractivity contribution in [1.82, 2.24) is 0 Å². The first-order valence-corrected chi connectivity index (χ1v) is 3.78. The van der Waals surface area contributed by atoms with E-state index in [-0.39, 0.29) is 18.2 Å². The van der Waals surface area contributed by atoms with Crippen molar-refractivity contribution in [2.24, 2.45) is 11.7 Å². The number of ether oxygens (including phenoxy) is 2. The molecule has 4 unspecified atom stereocenters. The Morgan fingerprint density at radius 3 is 2.60 bits per heavy atom. The van der Waals surface area contributed by atoms with Crippen LogP contribution in [0.15, 0.2) is 0 Å². The van der Waals surface area contributed by atoms with Crippen molar-refractivity contribution in [2.75, 3.05) is 13.2 Å². The Balaban J connectivity index is 2.09. The summed E-state index contributed by atoms with van der Waals surface area (Å²) in [6.45, 7) is 3.62. The van der Waals surface area contributed by atoms with Crippen LogP contribution in [0.25, 0.3) is 0 Å². The van der Waals surface area contributed by atoms with E-state index >= 15 is 0 Å². The molecule has 4 atom stereocenters. The zero-order valence-electron chi connectivity index (χ0n) is 6.12. The SMILES string of the molecule is CC1COC2C(N)COC12. The van der Waals surface area contributed by atoms with Gasteiger partial charge >= 0.3 is 0 Å². The molecule has 2 aliphatic heterocycles. The third-order valence-electron chi connectivity index (χ3n) is 2.34. The average Bonchev–Trinajstić information content (AvgIpc) is 2.41. The molecule has 2 fully saturated rings. The lowest BCUT2D eigenvalue weighted by Crippen LogP contribution is -2.35. The van der Waals surface area contributed by atoms with E-state index in [0.29, 0.717) is 12.5 Å². The molecular formula is C7H13NO2. The quantitative estimate of drug-likeness (QED) is 0.508. The van der Waals surface area contributed by atoms with Gasteiger partial charge in [-0.1, -0.05) is 6.92 Å². The highest BCUT2D eigenvalue weighted by Gasteiger charge is 2.43. The lowest BCUT2D eigenvalue weighted by Gasteiger charge is -2.10. The Bertz CT molecular complexity index is 124. The maximum atomic E-state index is 5.73. The van der Waals surface area contributed by atoms with E-state index in [1.807, 2.05) is 0 Å². The highest BCUT2D eigenvalue weighted by molar-refractivity contribution is 4.94. The van der Waals surface area contributed by atoms with Crippen LogP contribution in [0.3, 0.4) is 0 Å². The topological polar surface area (TPSA) is 44.5 Å². The minimum atomic E-state index is 0.106. The molecule has 3 nitrogen and oxygen atoms in total. The van der Waals surface area contributed by atoms with Gasteiger partial charge in [0.2, 0.25) is 0 Å². The van der Waals surface area contributed by atoms with Gasteiger partial charge in [-0.3, -0.25) is 0 Å². The largest absolute Gasteiger partial charge is 0.373 e. The highest BCUT2D eigenvalue weighted by atomic mass is 16.6. The summed E-state index contributed by atoms with van der Waals surface area (Å²) in [6.07, 6.45) is 0.449. The van der Waals surface area contributed by atoms with Crippen molar-refractivity contribution in [1.29, 1.82) is 0 Å². The molecule has 2 rings (SSSR count). The van der Waals surface area contributed by atoms with Gasteiger partial charge in [0.15, 0.2) is 0 Å². The smallest absolute Gasteiger partial charge is 0.101 e. The summed E-state index contributed by atoms with van der Waals surface area (Å²) in [7, 11) is 0. The van der Waals surface area contributed by atoms with Crippen LogP contribution in [0.1, 0.15) is 6.92 Å². The summed E-state index contributed by atoms with van der Waals surface area (Å²) in [6, 6.07) is 0.106. The normalized spacial score (nSPS) is 53.4. The molecule has 0 saturated carbocycles. The maximum absolute atomic E-state index is 5.73. The lowest BCUT2D eigenvalue weighted by molar-refractivity contribution is 0.0650. The van der Waals surface area contributed by atoms with Gasteiger partial charge in [-0.2, -0.15) is 0 Å². The van der Waals surface area contributed by atoms with Crippen molar-refractivity contribution in [2.45, 2.75) is 25.2 Å². The molecular weight excluding hydrogens is 130 g/mol. The second-order valence-electron chi connectivity index (χ2n) is 3.24. The molecule has 10 heavy (non-hydrogen) atoms. The minimum absolute atomic E-state index is 0.106. The first-order valence-electron chi connectivity index (χ1n) is 3.78. The Labute approximate surface area is 60.5 Å². The van der Waals surface area contributed by atoms with Gasteiger partial charge in [0.25, 0.3) is 0 Å². The van der Waals surface area contributed by atoms with Gasteiger partial charge < -0.3 is 15.2 Å². The molecule has 2 aliphatic rings. The molecule has 0 bridgehead atoms. The van der Waals surface area contributed by atoms with Crippen molar-refractivity contribution in [3.63, 3.8) is 0 Å². The molecule has 0 amide bonds. The average molecular weight is 143 g/mol. The van der Waals surface area contributed by atoms with Gasteiger partial charge in [-0.15, -0.1) is 0 Å². The fourth-order valence-corrected chi connectivity index (χ4v) is 1.72. The Morgan fingerprint density at radius 2 is 1.90 bits per heavy atom. The summed E-state index contributed by atoms with van der Waals surface area (Å²) < 4.78 is 10.9. The summed E-state index contributed by atoms with van der Waals surface area (Å²) in [5.74, 6) is 0.526. The van der Waals surface area contributed by atoms with Crippen molar-refractivity contribution < 1.29 is 9.47 Å². The molecule has 0 aromatic rings. The summed E-state index contributed by atoms with van der Waals surface area (Å²) in [5.41, 5.74) is 5.73. The predicted octanol–water partition coefficient (Wildman–Crippen LogP) is -0.253. The summed E-state index contributed by atoms with van der Waals surface area (Å²) in [5, 5.41) is 0. The lowest BCUT2D eigenvalue weighted by atomic mass is 10.0. The molecule has 2 saturated heterocycles. The van der Waals surface area contributed by atoms with Gasteiger partial charge in [-0.05, 0) is 0 Å². The first-order chi connectivity index (χ1) is 4.79. The fourth-order valence-electron chi connectivity index (χ4n) is 1.72. The first kappa shape index (κ1) is 6.58. The van der Waals surface area contributed by atoms with Crippen LogP contribution in [-0.2, 0) is 9.47 Å². The number of hydrogen-bond donors (Lipinski definition) is 1. The third kappa shape index (κ3) is 0.779. The molecule has 0 aliphatic carbocycles. The van der Waals surface area contributed by atoms with Crippen LogP contribution in [0.4, 0.5) is 0 Å². The molecule has 3 heteroatoms. The second-order valence-corrected chi connectivity index (χ2v) is 3.24. The predicted molar refractivity (Wildman–Crippen MR) is 36.6 cm³/mol. The van der Waals surface area contributed by atoms with Crippen molar-refractivity contribution in [3.8, 4) is 0 Å². The number of fused-ring (bicyclic) bond motifs is 1. The van der Waals surface area contributed by atoms with Crippen LogP contribution in [0.5, 0.6) is 0 Å². The van der Waals surface area contributed by atoms with Crippen LogP contribution in [-0.4, -0.2) is 31.5 Å². The van der Waals surface area contributed by atoms with Gasteiger partial charge in [0, 0.05) is 5.92 Å². The third-order valence-corrected chi connectivity index (χ3v) is 2.34. The van der Waals surface area contributed by atoms with E-state index in [1.165, 1.54) is 0 Å². The van der Waals surface area contributed by atoms with Crippen LogP contribution in [0, 0.1) is 5.92 Å². The Kier molecular flexibility index (Phi) is 1.44. The maximum Gasteiger partial charge on any atom is 0.101 e. The van der Waals surface area contributed by atoms with Crippen LogP contribution >= 0.6 is 0 Å². The number of nitrogens with two attached hydrogens (primary N) is 1. The minimum Gasteiger partial charge on any atom is -0.373 e. The van der Waals surface area contributed by atoms with Crippen LogP contribution < -0.4 is 5.73 Å². The fraction of sp³-hybridized carbons (Fsp3) is 1.00. The zero-order chi connectivity index (χ0) is 7.14. The van der Waals surface area contributed by atoms with Gasteiger partial charge in [0.1, 0.15) is 6.10 Å². The van der Waals surface area contributed by atoms with E-state index in [0.717, 1.165) is 6.61 Å².